The molecule has 2 atom stereocenters. The number of nitrogens with zero attached hydrogens (tertiary/aromatic N) is 1. The van der Waals surface area contributed by atoms with Crippen molar-refractivity contribution < 1.29 is 14.6 Å². The zero-order chi connectivity index (χ0) is 16.7. The fourth-order valence-electron chi connectivity index (χ4n) is 2.73. The lowest BCUT2D eigenvalue weighted by molar-refractivity contribution is -0.127. The zero-order valence-corrected chi connectivity index (χ0v) is 14.1. The van der Waals surface area contributed by atoms with Crippen molar-refractivity contribution in [1.29, 1.82) is 0 Å². The van der Waals surface area contributed by atoms with Gasteiger partial charge in [-0.1, -0.05) is 25.1 Å². The number of rotatable bonds is 7. The lowest BCUT2D eigenvalue weighted by Gasteiger charge is -2.31. The zero-order valence-electron chi connectivity index (χ0n) is 14.1. The first-order valence-corrected chi connectivity index (χ1v) is 8.44. The Bertz CT molecular complexity index is 472. The third-order valence-corrected chi connectivity index (χ3v) is 4.28. The average molecular weight is 320 g/mol. The van der Waals surface area contributed by atoms with E-state index in [1.54, 1.807) is 6.92 Å². The molecule has 0 aromatic heterocycles. The molecule has 5 heteroatoms. The van der Waals surface area contributed by atoms with Crippen molar-refractivity contribution in [3.05, 3.63) is 30.3 Å². The Morgan fingerprint density at radius 3 is 2.65 bits per heavy atom. The standard InChI is InChI=1S/C18H28N2O3/c1-14-8-10-20(11-9-14)13-16(21)12-19-18(22)15(2)23-17-6-4-3-5-7-17/h3-7,14-16,21H,8-13H2,1-2H3,(H,19,22). The second kappa shape index (κ2) is 8.89. The molecule has 2 rings (SSSR count). The minimum Gasteiger partial charge on any atom is -0.481 e. The van der Waals surface area contributed by atoms with Crippen LogP contribution in [0.2, 0.25) is 0 Å². The summed E-state index contributed by atoms with van der Waals surface area (Å²) in [5.74, 6) is 1.23. The summed E-state index contributed by atoms with van der Waals surface area (Å²) in [6, 6.07) is 9.26. The van der Waals surface area contributed by atoms with Gasteiger partial charge >= 0.3 is 0 Å². The van der Waals surface area contributed by atoms with E-state index in [9.17, 15) is 9.90 Å². The molecule has 5 nitrogen and oxygen atoms in total. The van der Waals surface area contributed by atoms with Crippen molar-refractivity contribution in [2.45, 2.75) is 38.9 Å². The number of likely N-dealkylation sites (tertiary alicyclic amines) is 1. The van der Waals surface area contributed by atoms with Gasteiger partial charge in [-0.2, -0.15) is 0 Å². The highest BCUT2D eigenvalue weighted by Gasteiger charge is 2.20. The summed E-state index contributed by atoms with van der Waals surface area (Å²) >= 11 is 0. The number of para-hydroxylation sites is 1. The first-order chi connectivity index (χ1) is 11.0. The van der Waals surface area contributed by atoms with Gasteiger partial charge in [0.15, 0.2) is 6.10 Å². The Morgan fingerprint density at radius 1 is 1.35 bits per heavy atom. The van der Waals surface area contributed by atoms with Crippen LogP contribution in [0, 0.1) is 5.92 Å². The Kier molecular flexibility index (Phi) is 6.86. The number of aliphatic hydroxyl groups is 1. The number of carbonyl (C=O) groups is 1. The second-order valence-electron chi connectivity index (χ2n) is 6.46. The van der Waals surface area contributed by atoms with Crippen LogP contribution in [-0.2, 0) is 4.79 Å². The Labute approximate surface area is 138 Å². The molecule has 1 aliphatic heterocycles. The van der Waals surface area contributed by atoms with Gasteiger partial charge in [-0.15, -0.1) is 0 Å². The lowest BCUT2D eigenvalue weighted by Crippen LogP contribution is -2.45. The molecule has 2 unspecified atom stereocenters. The van der Waals surface area contributed by atoms with Gasteiger partial charge in [0.1, 0.15) is 5.75 Å². The molecule has 1 saturated heterocycles. The second-order valence-corrected chi connectivity index (χ2v) is 6.46. The van der Waals surface area contributed by atoms with Crippen LogP contribution in [-0.4, -0.2) is 54.3 Å². The first kappa shape index (κ1) is 17.8. The predicted octanol–water partition coefficient (Wildman–Crippen LogP) is 1.66. The Balaban J connectivity index is 1.66. The van der Waals surface area contributed by atoms with Gasteiger partial charge in [0.05, 0.1) is 6.10 Å². The summed E-state index contributed by atoms with van der Waals surface area (Å²) in [5.41, 5.74) is 0. The van der Waals surface area contributed by atoms with Crippen LogP contribution < -0.4 is 10.1 Å². The molecular formula is C18H28N2O3. The fourth-order valence-corrected chi connectivity index (χ4v) is 2.73. The fraction of sp³-hybridized carbons (Fsp3) is 0.611. The van der Waals surface area contributed by atoms with E-state index in [0.29, 0.717) is 12.3 Å². The third kappa shape index (κ3) is 6.20. The number of nitrogens with one attached hydrogen (secondary N) is 1. The molecule has 1 aliphatic rings. The van der Waals surface area contributed by atoms with E-state index in [2.05, 4.69) is 17.1 Å². The summed E-state index contributed by atoms with van der Waals surface area (Å²) in [6.45, 7) is 6.90. The summed E-state index contributed by atoms with van der Waals surface area (Å²) in [4.78, 5) is 14.3. The number of hydrogen-bond acceptors (Lipinski definition) is 4. The minimum atomic E-state index is -0.583. The lowest BCUT2D eigenvalue weighted by atomic mass is 9.99. The molecule has 1 aromatic rings. The molecule has 0 radical (unpaired) electrons. The maximum absolute atomic E-state index is 12.0. The van der Waals surface area contributed by atoms with Gasteiger partial charge in [-0.05, 0) is 50.9 Å². The van der Waals surface area contributed by atoms with Crippen LogP contribution in [0.5, 0.6) is 5.75 Å². The summed E-state index contributed by atoms with van der Waals surface area (Å²) < 4.78 is 5.57. The maximum Gasteiger partial charge on any atom is 0.260 e. The molecule has 0 aliphatic carbocycles. The van der Waals surface area contributed by atoms with E-state index in [1.807, 2.05) is 30.3 Å². The van der Waals surface area contributed by atoms with Gasteiger partial charge < -0.3 is 20.1 Å². The predicted molar refractivity (Wildman–Crippen MR) is 90.4 cm³/mol. The van der Waals surface area contributed by atoms with Crippen LogP contribution in [0.1, 0.15) is 26.7 Å². The van der Waals surface area contributed by atoms with Gasteiger partial charge in [0.2, 0.25) is 0 Å². The molecular weight excluding hydrogens is 292 g/mol. The summed E-state index contributed by atoms with van der Waals surface area (Å²) in [5, 5.41) is 12.9. The van der Waals surface area contributed by atoms with E-state index < -0.39 is 12.2 Å². The summed E-state index contributed by atoms with van der Waals surface area (Å²) in [7, 11) is 0. The first-order valence-electron chi connectivity index (χ1n) is 8.44. The molecule has 23 heavy (non-hydrogen) atoms. The number of piperidine rings is 1. The average Bonchev–Trinajstić information content (AvgIpc) is 2.55. The third-order valence-electron chi connectivity index (χ3n) is 4.28. The van der Waals surface area contributed by atoms with Crippen molar-refractivity contribution >= 4 is 5.91 Å². The van der Waals surface area contributed by atoms with E-state index in [0.717, 1.165) is 19.0 Å². The van der Waals surface area contributed by atoms with Crippen LogP contribution in [0.3, 0.4) is 0 Å². The number of hydrogen-bond donors (Lipinski definition) is 2. The number of β-amino-alcohol motifs (C(OH)–C–C–N with tert-alkyl or cyclic N) is 1. The normalized spacial score (nSPS) is 19.1. The Morgan fingerprint density at radius 2 is 2.00 bits per heavy atom. The van der Waals surface area contributed by atoms with Crippen molar-refractivity contribution in [2.24, 2.45) is 5.92 Å². The van der Waals surface area contributed by atoms with Gasteiger partial charge in [0, 0.05) is 13.1 Å². The molecule has 1 heterocycles. The van der Waals surface area contributed by atoms with Gasteiger partial charge in [0.25, 0.3) is 5.91 Å². The van der Waals surface area contributed by atoms with E-state index in [4.69, 9.17) is 4.74 Å². The molecule has 128 valence electrons. The quantitative estimate of drug-likeness (QED) is 0.802. The Hall–Kier alpha value is -1.59. The maximum atomic E-state index is 12.0. The van der Waals surface area contributed by atoms with Crippen molar-refractivity contribution in [3.63, 3.8) is 0 Å². The SMILES string of the molecule is CC1CCN(CC(O)CNC(=O)C(C)Oc2ccccc2)CC1. The molecule has 1 fully saturated rings. The number of ether oxygens (including phenoxy) is 1. The van der Waals surface area contributed by atoms with E-state index in [-0.39, 0.29) is 12.5 Å². The van der Waals surface area contributed by atoms with Crippen LogP contribution >= 0.6 is 0 Å². The van der Waals surface area contributed by atoms with Crippen LogP contribution in [0.4, 0.5) is 0 Å². The van der Waals surface area contributed by atoms with Gasteiger partial charge in [-0.25, -0.2) is 0 Å². The number of carbonyl (C=O) groups excluding carboxylic acids is 1. The number of aliphatic hydroxyl groups excluding tert-OH is 1. The van der Waals surface area contributed by atoms with Crippen LogP contribution in [0.25, 0.3) is 0 Å². The molecule has 0 bridgehead atoms. The van der Waals surface area contributed by atoms with E-state index >= 15 is 0 Å². The monoisotopic (exact) mass is 320 g/mol. The highest BCUT2D eigenvalue weighted by Crippen LogP contribution is 2.16. The van der Waals surface area contributed by atoms with E-state index in [1.165, 1.54) is 12.8 Å². The molecule has 2 N–H and O–H groups in total. The molecule has 1 amide bonds. The molecule has 1 aromatic carbocycles. The molecule has 0 saturated carbocycles. The largest absolute Gasteiger partial charge is 0.481 e. The smallest absolute Gasteiger partial charge is 0.260 e. The van der Waals surface area contributed by atoms with Crippen molar-refractivity contribution in [1.82, 2.24) is 10.2 Å². The van der Waals surface area contributed by atoms with Crippen molar-refractivity contribution in [2.75, 3.05) is 26.2 Å². The van der Waals surface area contributed by atoms with Gasteiger partial charge in [-0.3, -0.25) is 4.79 Å². The topological polar surface area (TPSA) is 61.8 Å². The van der Waals surface area contributed by atoms with Crippen molar-refractivity contribution in [3.8, 4) is 5.75 Å². The molecule has 0 spiro atoms. The highest BCUT2D eigenvalue weighted by atomic mass is 16.5. The highest BCUT2D eigenvalue weighted by molar-refractivity contribution is 5.80. The number of amides is 1. The summed E-state index contributed by atoms with van der Waals surface area (Å²) in [6.07, 6.45) is 1.24. The number of benzene rings is 1. The van der Waals surface area contributed by atoms with Crippen LogP contribution in [0.15, 0.2) is 30.3 Å². The minimum absolute atomic E-state index is 0.208.